The van der Waals surface area contributed by atoms with Crippen molar-refractivity contribution < 1.29 is 14.3 Å². The second-order valence-corrected chi connectivity index (χ2v) is 9.40. The number of carbonyl (C=O) groups is 2. The third kappa shape index (κ3) is 4.38. The minimum absolute atomic E-state index is 0.0368. The van der Waals surface area contributed by atoms with Crippen LogP contribution in [0.2, 0.25) is 0 Å². The molecule has 6 heteroatoms. The van der Waals surface area contributed by atoms with Gasteiger partial charge in [0.25, 0.3) is 0 Å². The molecule has 0 saturated heterocycles. The van der Waals surface area contributed by atoms with Crippen LogP contribution in [-0.4, -0.2) is 29.4 Å². The van der Waals surface area contributed by atoms with Gasteiger partial charge in [-0.1, -0.05) is 54.0 Å². The summed E-state index contributed by atoms with van der Waals surface area (Å²) in [6, 6.07) is 13.3. The van der Waals surface area contributed by atoms with Gasteiger partial charge in [0.05, 0.1) is 12.6 Å². The van der Waals surface area contributed by atoms with Crippen LogP contribution in [0.5, 0.6) is 5.75 Å². The maximum atomic E-state index is 13.4. The van der Waals surface area contributed by atoms with Gasteiger partial charge in [-0.15, -0.1) is 0 Å². The molecule has 0 spiro atoms. The van der Waals surface area contributed by atoms with Crippen LogP contribution in [0.1, 0.15) is 49.4 Å². The number of nitrogens with zero attached hydrogens (tertiary/aromatic N) is 1. The van der Waals surface area contributed by atoms with Crippen molar-refractivity contribution in [3.8, 4) is 5.75 Å². The molecular weight excluding hydrogens is 444 g/mol. The molecule has 2 aliphatic rings. The Bertz CT molecular complexity index is 959. The van der Waals surface area contributed by atoms with Crippen LogP contribution in [0.15, 0.2) is 46.9 Å². The molecule has 2 aromatic carbocycles. The van der Waals surface area contributed by atoms with Crippen LogP contribution in [0.25, 0.3) is 0 Å². The van der Waals surface area contributed by atoms with Gasteiger partial charge in [0, 0.05) is 35.8 Å². The van der Waals surface area contributed by atoms with Gasteiger partial charge < -0.3 is 15.0 Å². The van der Waals surface area contributed by atoms with E-state index in [1.54, 1.807) is 4.90 Å². The van der Waals surface area contributed by atoms with E-state index in [9.17, 15) is 9.59 Å². The van der Waals surface area contributed by atoms with E-state index in [1.807, 2.05) is 50.2 Å². The fraction of sp³-hybridized carbons (Fsp3) is 0.417. The molecule has 0 aromatic heterocycles. The predicted molar refractivity (Wildman–Crippen MR) is 119 cm³/mol. The third-order valence-electron chi connectivity index (χ3n) is 5.78. The Morgan fingerprint density at radius 3 is 2.73 bits per heavy atom. The number of amides is 2. The third-order valence-corrected chi connectivity index (χ3v) is 6.28. The fourth-order valence-corrected chi connectivity index (χ4v) is 4.65. The monoisotopic (exact) mass is 470 g/mol. The molecule has 30 heavy (non-hydrogen) atoms. The van der Waals surface area contributed by atoms with Gasteiger partial charge in [-0.2, -0.15) is 0 Å². The fourth-order valence-electron chi connectivity index (χ4n) is 4.27. The van der Waals surface area contributed by atoms with Crippen molar-refractivity contribution in [3.63, 3.8) is 0 Å². The van der Waals surface area contributed by atoms with E-state index in [0.717, 1.165) is 26.9 Å². The maximum absolute atomic E-state index is 13.4. The number of benzene rings is 2. The van der Waals surface area contributed by atoms with Crippen LogP contribution >= 0.6 is 15.9 Å². The molecule has 2 heterocycles. The smallest absolute Gasteiger partial charge is 0.243 e. The van der Waals surface area contributed by atoms with E-state index < -0.39 is 6.04 Å². The van der Waals surface area contributed by atoms with E-state index >= 15 is 0 Å². The average molecular weight is 471 g/mol. The first-order chi connectivity index (χ1) is 14.4. The molecule has 5 nitrogen and oxygen atoms in total. The first-order valence-electron chi connectivity index (χ1n) is 10.5. The zero-order chi connectivity index (χ0) is 21.3. The van der Waals surface area contributed by atoms with Crippen molar-refractivity contribution in [1.29, 1.82) is 0 Å². The summed E-state index contributed by atoms with van der Waals surface area (Å²) < 4.78 is 6.70. The highest BCUT2D eigenvalue weighted by Gasteiger charge is 2.36. The molecule has 2 aromatic rings. The van der Waals surface area contributed by atoms with Gasteiger partial charge in [-0.25, -0.2) is 0 Å². The SMILES string of the molecule is CC(C)CC(=O)N1Cc2ccccc2CC1C(=O)NC1CCOc2ccc(Br)cc21. The zero-order valence-electron chi connectivity index (χ0n) is 17.4. The molecule has 0 fully saturated rings. The van der Waals surface area contributed by atoms with Gasteiger partial charge in [-0.3, -0.25) is 9.59 Å². The van der Waals surface area contributed by atoms with E-state index in [4.69, 9.17) is 4.74 Å². The summed E-state index contributed by atoms with van der Waals surface area (Å²) >= 11 is 3.51. The molecule has 2 unspecified atom stereocenters. The Hall–Kier alpha value is -2.34. The van der Waals surface area contributed by atoms with Crippen molar-refractivity contribution in [2.45, 2.75) is 51.7 Å². The van der Waals surface area contributed by atoms with Gasteiger partial charge >= 0.3 is 0 Å². The zero-order valence-corrected chi connectivity index (χ0v) is 18.9. The van der Waals surface area contributed by atoms with Gasteiger partial charge in [0.15, 0.2) is 0 Å². The summed E-state index contributed by atoms with van der Waals surface area (Å²) in [5, 5.41) is 3.21. The molecule has 2 atom stereocenters. The van der Waals surface area contributed by atoms with Crippen LogP contribution in [0.4, 0.5) is 0 Å². The molecule has 0 bridgehead atoms. The van der Waals surface area contributed by atoms with Crippen LogP contribution in [0.3, 0.4) is 0 Å². The molecule has 0 radical (unpaired) electrons. The number of rotatable bonds is 4. The Labute approximate surface area is 185 Å². The lowest BCUT2D eigenvalue weighted by molar-refractivity contribution is -0.142. The van der Waals surface area contributed by atoms with E-state index in [1.165, 1.54) is 0 Å². The Morgan fingerprint density at radius 1 is 1.20 bits per heavy atom. The van der Waals surface area contributed by atoms with Crippen LogP contribution in [-0.2, 0) is 22.6 Å². The minimum Gasteiger partial charge on any atom is -0.493 e. The number of carbonyl (C=O) groups excluding carboxylic acids is 2. The number of hydrogen-bond acceptors (Lipinski definition) is 3. The predicted octanol–water partition coefficient (Wildman–Crippen LogP) is 4.39. The number of hydrogen-bond donors (Lipinski definition) is 1. The topological polar surface area (TPSA) is 58.6 Å². The lowest BCUT2D eigenvalue weighted by atomic mass is 9.92. The Kier molecular flexibility index (Phi) is 6.14. The normalized spacial score (nSPS) is 20.2. The quantitative estimate of drug-likeness (QED) is 0.720. The average Bonchev–Trinajstić information content (AvgIpc) is 2.72. The lowest BCUT2D eigenvalue weighted by Gasteiger charge is -2.37. The lowest BCUT2D eigenvalue weighted by Crippen LogP contribution is -2.53. The highest BCUT2D eigenvalue weighted by Crippen LogP contribution is 2.34. The summed E-state index contributed by atoms with van der Waals surface area (Å²) in [6.45, 7) is 5.10. The van der Waals surface area contributed by atoms with E-state index in [0.29, 0.717) is 32.4 Å². The van der Waals surface area contributed by atoms with Gasteiger partial charge in [0.2, 0.25) is 11.8 Å². The molecule has 1 N–H and O–H groups in total. The minimum atomic E-state index is -0.496. The Balaban J connectivity index is 1.58. The Morgan fingerprint density at radius 2 is 1.97 bits per heavy atom. The van der Waals surface area contributed by atoms with Crippen molar-refractivity contribution in [3.05, 3.63) is 63.6 Å². The number of ether oxygens (including phenoxy) is 1. The number of halogens is 1. The first kappa shape index (κ1) is 20.9. The standard InChI is InChI=1S/C24H27BrN2O3/c1-15(2)11-23(28)27-14-17-6-4-3-5-16(17)12-21(27)24(29)26-20-9-10-30-22-8-7-18(25)13-19(20)22/h3-8,13,15,20-21H,9-12,14H2,1-2H3,(H,26,29). The van der Waals surface area contributed by atoms with Crippen molar-refractivity contribution >= 4 is 27.7 Å². The number of nitrogens with one attached hydrogen (secondary N) is 1. The molecule has 4 rings (SSSR count). The van der Waals surface area contributed by atoms with Gasteiger partial charge in [-0.05, 0) is 35.2 Å². The van der Waals surface area contributed by atoms with Crippen molar-refractivity contribution in [2.75, 3.05) is 6.61 Å². The summed E-state index contributed by atoms with van der Waals surface area (Å²) in [5.74, 6) is 0.990. The highest BCUT2D eigenvalue weighted by molar-refractivity contribution is 9.10. The maximum Gasteiger partial charge on any atom is 0.243 e. The second-order valence-electron chi connectivity index (χ2n) is 8.49. The second kappa shape index (κ2) is 8.80. The molecule has 0 aliphatic carbocycles. The summed E-state index contributed by atoms with van der Waals surface area (Å²) in [4.78, 5) is 28.2. The number of fused-ring (bicyclic) bond motifs is 2. The van der Waals surface area contributed by atoms with Gasteiger partial charge in [0.1, 0.15) is 11.8 Å². The molecule has 2 amide bonds. The molecule has 2 aliphatic heterocycles. The summed E-state index contributed by atoms with van der Waals surface area (Å²) in [7, 11) is 0. The molecule has 0 saturated carbocycles. The van der Waals surface area contributed by atoms with E-state index in [2.05, 4.69) is 27.3 Å². The van der Waals surface area contributed by atoms with Crippen molar-refractivity contribution in [2.24, 2.45) is 5.92 Å². The first-order valence-corrected chi connectivity index (χ1v) is 11.3. The molecular formula is C24H27BrN2O3. The van der Waals surface area contributed by atoms with Crippen LogP contribution in [0, 0.1) is 5.92 Å². The highest BCUT2D eigenvalue weighted by atomic mass is 79.9. The molecule has 158 valence electrons. The summed E-state index contributed by atoms with van der Waals surface area (Å²) in [5.41, 5.74) is 3.24. The van der Waals surface area contributed by atoms with Crippen molar-refractivity contribution in [1.82, 2.24) is 10.2 Å². The largest absolute Gasteiger partial charge is 0.493 e. The summed E-state index contributed by atoms with van der Waals surface area (Å²) in [6.07, 6.45) is 1.69. The van der Waals surface area contributed by atoms with E-state index in [-0.39, 0.29) is 23.8 Å². The van der Waals surface area contributed by atoms with Crippen LogP contribution < -0.4 is 10.1 Å².